The summed E-state index contributed by atoms with van der Waals surface area (Å²) in [6.45, 7) is 3.77. The van der Waals surface area contributed by atoms with Gasteiger partial charge in [-0.1, -0.05) is 60.9 Å². The summed E-state index contributed by atoms with van der Waals surface area (Å²) in [7, 11) is 0. The minimum absolute atomic E-state index is 0.0204. The van der Waals surface area contributed by atoms with E-state index in [1.807, 2.05) is 13.8 Å². The highest BCUT2D eigenvalue weighted by Crippen LogP contribution is 2.30. The normalized spacial score (nSPS) is 11.8. The number of carbonyl (C=O) groups is 2. The zero-order valence-corrected chi connectivity index (χ0v) is 20.4. The quantitative estimate of drug-likeness (QED) is 0.206. The van der Waals surface area contributed by atoms with Crippen molar-refractivity contribution in [3.63, 3.8) is 0 Å². The molecule has 0 unspecified atom stereocenters. The Balaban J connectivity index is 1.63. The van der Waals surface area contributed by atoms with Crippen LogP contribution in [0.4, 0.5) is 11.4 Å². The molecular weight excluding hydrogens is 503 g/mol. The van der Waals surface area contributed by atoms with Crippen molar-refractivity contribution in [1.29, 1.82) is 0 Å². The van der Waals surface area contributed by atoms with Crippen molar-refractivity contribution in [3.8, 4) is 0 Å². The fourth-order valence-electron chi connectivity index (χ4n) is 2.91. The third kappa shape index (κ3) is 6.46. The first-order valence-electron chi connectivity index (χ1n) is 10.00. The molecule has 178 valence electrons. The second kappa shape index (κ2) is 11.3. The van der Waals surface area contributed by atoms with Gasteiger partial charge in [-0.2, -0.15) is 0 Å². The van der Waals surface area contributed by atoms with Crippen molar-refractivity contribution in [2.45, 2.75) is 25.0 Å². The SMILES string of the molecule is CC(C)[C@@H](NC(=O)c1cccc([N+](=O)[O-])c1)c1nc(SCC(=O)Nc2cccc(Cl)c2Cl)n[nH]1. The average Bonchev–Trinajstić information content (AvgIpc) is 3.27. The highest BCUT2D eigenvalue weighted by atomic mass is 35.5. The van der Waals surface area contributed by atoms with Crippen LogP contribution in [0.1, 0.15) is 36.1 Å². The van der Waals surface area contributed by atoms with Crippen LogP contribution < -0.4 is 10.6 Å². The maximum absolute atomic E-state index is 12.7. The van der Waals surface area contributed by atoms with Gasteiger partial charge in [0.2, 0.25) is 11.1 Å². The number of thioether (sulfide) groups is 1. The fourth-order valence-corrected chi connectivity index (χ4v) is 3.87. The van der Waals surface area contributed by atoms with Crippen LogP contribution in [0.15, 0.2) is 47.6 Å². The number of nitrogens with zero attached hydrogens (tertiary/aromatic N) is 3. The molecule has 0 bridgehead atoms. The van der Waals surface area contributed by atoms with E-state index in [0.717, 1.165) is 11.8 Å². The average molecular weight is 523 g/mol. The van der Waals surface area contributed by atoms with E-state index in [0.29, 0.717) is 21.7 Å². The van der Waals surface area contributed by atoms with Crippen molar-refractivity contribution in [3.05, 3.63) is 74.0 Å². The molecule has 0 spiro atoms. The summed E-state index contributed by atoms with van der Waals surface area (Å²) < 4.78 is 0. The molecule has 34 heavy (non-hydrogen) atoms. The maximum Gasteiger partial charge on any atom is 0.270 e. The molecule has 1 atom stereocenters. The lowest BCUT2D eigenvalue weighted by molar-refractivity contribution is -0.384. The molecule has 0 radical (unpaired) electrons. The van der Waals surface area contributed by atoms with Gasteiger partial charge < -0.3 is 10.6 Å². The van der Waals surface area contributed by atoms with Gasteiger partial charge in [-0.15, -0.1) is 5.10 Å². The number of anilines is 1. The van der Waals surface area contributed by atoms with Crippen molar-refractivity contribution in [1.82, 2.24) is 20.5 Å². The van der Waals surface area contributed by atoms with Gasteiger partial charge in [0.05, 0.1) is 32.5 Å². The van der Waals surface area contributed by atoms with Gasteiger partial charge in [-0.05, 0) is 24.1 Å². The lowest BCUT2D eigenvalue weighted by atomic mass is 10.0. The van der Waals surface area contributed by atoms with Crippen LogP contribution in [0.3, 0.4) is 0 Å². The van der Waals surface area contributed by atoms with E-state index in [9.17, 15) is 19.7 Å². The summed E-state index contributed by atoms with van der Waals surface area (Å²) in [5.74, 6) is -0.450. The molecule has 3 rings (SSSR count). The third-order valence-corrected chi connectivity index (χ3v) is 6.27. The number of amides is 2. The molecule has 2 amide bonds. The molecule has 2 aromatic carbocycles. The molecule has 13 heteroatoms. The zero-order valence-electron chi connectivity index (χ0n) is 18.0. The number of aromatic nitrogens is 3. The van der Waals surface area contributed by atoms with E-state index >= 15 is 0 Å². The predicted molar refractivity (Wildman–Crippen MR) is 130 cm³/mol. The van der Waals surface area contributed by atoms with E-state index in [2.05, 4.69) is 25.8 Å². The van der Waals surface area contributed by atoms with Crippen LogP contribution in [-0.4, -0.2) is 37.7 Å². The van der Waals surface area contributed by atoms with Crippen LogP contribution in [0.25, 0.3) is 0 Å². The number of H-pyrrole nitrogens is 1. The lowest BCUT2D eigenvalue weighted by Crippen LogP contribution is -2.32. The molecule has 0 aliphatic carbocycles. The van der Waals surface area contributed by atoms with Crippen LogP contribution in [0.2, 0.25) is 10.0 Å². The second-order valence-electron chi connectivity index (χ2n) is 7.44. The molecule has 0 aliphatic rings. The van der Waals surface area contributed by atoms with E-state index in [1.165, 1.54) is 24.3 Å². The van der Waals surface area contributed by atoms with Gasteiger partial charge in [-0.25, -0.2) is 4.98 Å². The summed E-state index contributed by atoms with van der Waals surface area (Å²) in [6, 6.07) is 9.85. The number of halogens is 2. The maximum atomic E-state index is 12.7. The Morgan fingerprint density at radius 1 is 1.21 bits per heavy atom. The first-order valence-corrected chi connectivity index (χ1v) is 11.7. The van der Waals surface area contributed by atoms with Crippen LogP contribution in [-0.2, 0) is 4.79 Å². The number of nitrogens with one attached hydrogen (secondary N) is 3. The van der Waals surface area contributed by atoms with Gasteiger partial charge in [0.1, 0.15) is 5.82 Å². The second-order valence-corrected chi connectivity index (χ2v) is 9.17. The van der Waals surface area contributed by atoms with Crippen molar-refractivity contribution >= 4 is 58.2 Å². The van der Waals surface area contributed by atoms with Crippen LogP contribution in [0, 0.1) is 16.0 Å². The summed E-state index contributed by atoms with van der Waals surface area (Å²) in [6.07, 6.45) is 0. The highest BCUT2D eigenvalue weighted by Gasteiger charge is 2.24. The number of non-ortho nitro benzene ring substituents is 1. The molecule has 1 heterocycles. The van der Waals surface area contributed by atoms with Crippen molar-refractivity contribution in [2.24, 2.45) is 5.92 Å². The Bertz CT molecular complexity index is 1220. The lowest BCUT2D eigenvalue weighted by Gasteiger charge is -2.19. The number of aromatic amines is 1. The monoisotopic (exact) mass is 522 g/mol. The summed E-state index contributed by atoms with van der Waals surface area (Å²) in [5, 5.41) is 24.3. The van der Waals surface area contributed by atoms with Gasteiger partial charge in [-0.3, -0.25) is 24.8 Å². The first kappa shape index (κ1) is 25.5. The minimum Gasteiger partial charge on any atom is -0.342 e. The van der Waals surface area contributed by atoms with Crippen LogP contribution >= 0.6 is 35.0 Å². The zero-order chi connectivity index (χ0) is 24.8. The van der Waals surface area contributed by atoms with Crippen molar-refractivity contribution < 1.29 is 14.5 Å². The Hall–Kier alpha value is -3.15. The number of hydrogen-bond donors (Lipinski definition) is 3. The van der Waals surface area contributed by atoms with Crippen molar-refractivity contribution in [2.75, 3.05) is 11.1 Å². The summed E-state index contributed by atoms with van der Waals surface area (Å²) >= 11 is 13.1. The first-order chi connectivity index (χ1) is 16.2. The number of nitro groups is 1. The Morgan fingerprint density at radius 2 is 1.94 bits per heavy atom. The summed E-state index contributed by atoms with van der Waals surface area (Å²) in [4.78, 5) is 39.8. The Morgan fingerprint density at radius 3 is 2.65 bits per heavy atom. The fraction of sp³-hybridized carbons (Fsp3) is 0.238. The number of rotatable bonds is 9. The molecule has 10 nitrogen and oxygen atoms in total. The van der Waals surface area contributed by atoms with Gasteiger partial charge in [0.15, 0.2) is 0 Å². The Labute approximate surface area is 209 Å². The molecule has 1 aromatic heterocycles. The smallest absolute Gasteiger partial charge is 0.270 e. The third-order valence-electron chi connectivity index (χ3n) is 4.61. The molecule has 3 N–H and O–H groups in total. The van der Waals surface area contributed by atoms with E-state index in [1.54, 1.807) is 18.2 Å². The molecule has 0 fully saturated rings. The topological polar surface area (TPSA) is 143 Å². The van der Waals surface area contributed by atoms with E-state index in [-0.39, 0.29) is 33.9 Å². The Kier molecular flexibility index (Phi) is 8.48. The minimum atomic E-state index is -0.562. The highest BCUT2D eigenvalue weighted by molar-refractivity contribution is 7.99. The van der Waals surface area contributed by atoms with Gasteiger partial charge >= 0.3 is 0 Å². The number of nitro benzene ring substituents is 1. The standard InChI is InChI=1S/C21H20Cl2N6O4S/c1-11(2)18(25-20(31)12-5-3-6-13(9-12)29(32)33)19-26-21(28-27-19)34-10-16(30)24-15-8-4-7-14(22)17(15)23/h3-9,11,18H,10H2,1-2H3,(H,24,30)(H,25,31)(H,26,27,28)/t18-/m1/s1. The van der Waals surface area contributed by atoms with E-state index < -0.39 is 16.9 Å². The number of hydrogen-bond acceptors (Lipinski definition) is 7. The number of carbonyl (C=O) groups excluding carboxylic acids is 2. The van der Waals surface area contributed by atoms with Crippen LogP contribution in [0.5, 0.6) is 0 Å². The largest absolute Gasteiger partial charge is 0.342 e. The molecule has 3 aromatic rings. The van der Waals surface area contributed by atoms with E-state index in [4.69, 9.17) is 23.2 Å². The summed E-state index contributed by atoms with van der Waals surface area (Å²) in [5.41, 5.74) is 0.383. The molecule has 0 saturated heterocycles. The predicted octanol–water partition coefficient (Wildman–Crippen LogP) is 4.88. The van der Waals surface area contributed by atoms with Gasteiger partial charge in [0.25, 0.3) is 11.6 Å². The molecular formula is C21H20Cl2N6O4S. The van der Waals surface area contributed by atoms with Gasteiger partial charge in [0, 0.05) is 17.7 Å². The number of benzene rings is 2. The molecule has 0 saturated carbocycles. The molecule has 0 aliphatic heterocycles.